The lowest BCUT2D eigenvalue weighted by Gasteiger charge is -2.33. The Labute approximate surface area is 189 Å². The van der Waals surface area contributed by atoms with E-state index in [2.05, 4.69) is 10.3 Å². The van der Waals surface area contributed by atoms with E-state index in [-0.39, 0.29) is 22.9 Å². The number of aromatic nitrogens is 2. The van der Waals surface area contributed by atoms with E-state index in [0.29, 0.717) is 40.5 Å². The standard InChI is InChI=1S/C23H22N6O4/c1-33-16-8-6-15(7-9-16)29-19-17(18(26-29)21(25)30)23(10-11-23)12-28(22(19)31)14-4-2-13(3-5-14)20(24)27-32/h2-9,32H,10-12H2,1H3,(H2,24,27)(H2,25,30). The molecule has 1 aromatic heterocycles. The summed E-state index contributed by atoms with van der Waals surface area (Å²) in [5.41, 5.74) is 13.9. The van der Waals surface area contributed by atoms with Crippen LogP contribution in [0.4, 0.5) is 5.69 Å². The third kappa shape index (κ3) is 3.18. The smallest absolute Gasteiger partial charge is 0.277 e. The number of fused-ring (bicyclic) bond motifs is 2. The number of primary amides is 1. The van der Waals surface area contributed by atoms with Crippen molar-refractivity contribution >= 4 is 23.3 Å². The summed E-state index contributed by atoms with van der Waals surface area (Å²) in [6, 6.07) is 13.9. The highest BCUT2D eigenvalue weighted by Gasteiger charge is 2.56. The number of nitrogens with zero attached hydrogens (tertiary/aromatic N) is 4. The topological polar surface area (TPSA) is 149 Å². The number of anilines is 1. The number of nitrogens with two attached hydrogens (primary N) is 2. The Kier molecular flexibility index (Phi) is 4.59. The van der Waals surface area contributed by atoms with Crippen LogP contribution in [0.25, 0.3) is 5.69 Å². The van der Waals surface area contributed by atoms with Crippen molar-refractivity contribution in [1.82, 2.24) is 9.78 Å². The first-order valence-corrected chi connectivity index (χ1v) is 10.4. The second-order valence-electron chi connectivity index (χ2n) is 8.25. The minimum absolute atomic E-state index is 0.0175. The highest BCUT2D eigenvalue weighted by molar-refractivity contribution is 6.11. The van der Waals surface area contributed by atoms with Crippen LogP contribution in [-0.4, -0.2) is 46.3 Å². The highest BCUT2D eigenvalue weighted by Crippen LogP contribution is 2.54. The molecule has 0 atom stereocenters. The lowest BCUT2D eigenvalue weighted by atomic mass is 9.88. The fraction of sp³-hybridized carbons (Fsp3) is 0.217. The number of amides is 2. The largest absolute Gasteiger partial charge is 0.497 e. The third-order valence-corrected chi connectivity index (χ3v) is 6.31. The van der Waals surface area contributed by atoms with Gasteiger partial charge < -0.3 is 26.3 Å². The number of hydrogen-bond acceptors (Lipinski definition) is 6. The molecule has 1 saturated carbocycles. The zero-order valence-corrected chi connectivity index (χ0v) is 17.9. The van der Waals surface area contributed by atoms with Crippen molar-refractivity contribution in [2.45, 2.75) is 18.3 Å². The zero-order chi connectivity index (χ0) is 23.3. The molecular formula is C23H22N6O4. The van der Waals surface area contributed by atoms with E-state index in [0.717, 1.165) is 12.8 Å². The Balaban J connectivity index is 1.64. The van der Waals surface area contributed by atoms with Gasteiger partial charge in [-0.15, -0.1) is 0 Å². The van der Waals surface area contributed by atoms with Gasteiger partial charge >= 0.3 is 0 Å². The van der Waals surface area contributed by atoms with Gasteiger partial charge in [0.05, 0.1) is 12.8 Å². The quantitative estimate of drug-likeness (QED) is 0.235. The summed E-state index contributed by atoms with van der Waals surface area (Å²) in [7, 11) is 1.57. The van der Waals surface area contributed by atoms with Gasteiger partial charge in [-0.1, -0.05) is 5.16 Å². The van der Waals surface area contributed by atoms with E-state index in [9.17, 15) is 9.59 Å². The van der Waals surface area contributed by atoms with Gasteiger partial charge in [-0.3, -0.25) is 9.59 Å². The Bertz CT molecular complexity index is 1290. The van der Waals surface area contributed by atoms with Gasteiger partial charge in [-0.25, -0.2) is 4.68 Å². The predicted molar refractivity (Wildman–Crippen MR) is 120 cm³/mol. The number of ether oxygens (including phenoxy) is 1. The fourth-order valence-corrected chi connectivity index (χ4v) is 4.42. The van der Waals surface area contributed by atoms with E-state index in [4.69, 9.17) is 21.4 Å². The second kappa shape index (κ2) is 7.37. The van der Waals surface area contributed by atoms with Crippen molar-refractivity contribution in [3.05, 3.63) is 71.0 Å². The first-order chi connectivity index (χ1) is 15.9. The minimum atomic E-state index is -0.658. The molecule has 33 heavy (non-hydrogen) atoms. The second-order valence-corrected chi connectivity index (χ2v) is 8.25. The van der Waals surface area contributed by atoms with Crippen molar-refractivity contribution in [1.29, 1.82) is 0 Å². The lowest BCUT2D eigenvalue weighted by Crippen LogP contribution is -2.44. The van der Waals surface area contributed by atoms with Crippen LogP contribution in [-0.2, 0) is 5.41 Å². The molecular weight excluding hydrogens is 424 g/mol. The van der Waals surface area contributed by atoms with E-state index in [1.54, 1.807) is 60.5 Å². The first kappa shape index (κ1) is 20.6. The number of benzene rings is 2. The van der Waals surface area contributed by atoms with Crippen LogP contribution in [0.3, 0.4) is 0 Å². The maximum Gasteiger partial charge on any atom is 0.277 e. The molecule has 2 heterocycles. The number of hydrogen-bond donors (Lipinski definition) is 3. The van der Waals surface area contributed by atoms with Crippen molar-refractivity contribution in [2.75, 3.05) is 18.6 Å². The number of amidine groups is 1. The minimum Gasteiger partial charge on any atom is -0.497 e. The number of methoxy groups -OCH3 is 1. The molecule has 1 fully saturated rings. The molecule has 3 aromatic rings. The highest BCUT2D eigenvalue weighted by atomic mass is 16.5. The molecule has 168 valence electrons. The van der Waals surface area contributed by atoms with Gasteiger partial charge in [0.25, 0.3) is 11.8 Å². The molecule has 1 spiro atoms. The van der Waals surface area contributed by atoms with Crippen LogP contribution in [0.5, 0.6) is 5.75 Å². The molecule has 10 heteroatoms. The van der Waals surface area contributed by atoms with Gasteiger partial charge in [-0.2, -0.15) is 5.10 Å². The summed E-state index contributed by atoms with van der Waals surface area (Å²) in [4.78, 5) is 27.7. The Morgan fingerprint density at radius 1 is 1.09 bits per heavy atom. The van der Waals surface area contributed by atoms with Crippen LogP contribution in [0, 0.1) is 0 Å². The van der Waals surface area contributed by atoms with E-state index >= 15 is 0 Å². The molecule has 0 unspecified atom stereocenters. The van der Waals surface area contributed by atoms with Gasteiger partial charge in [0.1, 0.15) is 11.4 Å². The number of oxime groups is 1. The van der Waals surface area contributed by atoms with Crippen molar-refractivity contribution in [3.8, 4) is 11.4 Å². The average molecular weight is 446 g/mol. The zero-order valence-electron chi connectivity index (χ0n) is 17.9. The predicted octanol–water partition coefficient (Wildman–Crippen LogP) is 1.77. The van der Waals surface area contributed by atoms with Crippen LogP contribution < -0.4 is 21.1 Å². The maximum atomic E-state index is 13.8. The normalized spacial score (nSPS) is 16.6. The summed E-state index contributed by atoms with van der Waals surface area (Å²) < 4.78 is 6.72. The summed E-state index contributed by atoms with van der Waals surface area (Å²) in [6.45, 7) is 0.413. The van der Waals surface area contributed by atoms with Gasteiger partial charge in [-0.05, 0) is 61.4 Å². The summed E-state index contributed by atoms with van der Waals surface area (Å²) in [5.74, 6) is -0.299. The molecule has 2 aliphatic rings. The molecule has 0 bridgehead atoms. The van der Waals surface area contributed by atoms with Gasteiger partial charge in [0.2, 0.25) is 0 Å². The molecule has 2 aromatic carbocycles. The molecule has 5 N–H and O–H groups in total. The van der Waals surface area contributed by atoms with E-state index in [1.807, 2.05) is 0 Å². The molecule has 10 nitrogen and oxygen atoms in total. The average Bonchev–Trinajstić information content (AvgIpc) is 3.49. The molecule has 1 aliphatic heterocycles. The van der Waals surface area contributed by atoms with Crippen LogP contribution >= 0.6 is 0 Å². The molecule has 0 radical (unpaired) electrons. The van der Waals surface area contributed by atoms with E-state index < -0.39 is 5.91 Å². The van der Waals surface area contributed by atoms with Crippen LogP contribution in [0.1, 0.15) is 44.9 Å². The molecule has 1 aliphatic carbocycles. The molecule has 0 saturated heterocycles. The summed E-state index contributed by atoms with van der Waals surface area (Å²) in [5, 5.41) is 16.4. The van der Waals surface area contributed by atoms with Crippen molar-refractivity contribution in [2.24, 2.45) is 16.6 Å². The van der Waals surface area contributed by atoms with Gasteiger partial charge in [0.15, 0.2) is 11.5 Å². The van der Waals surface area contributed by atoms with E-state index in [1.165, 1.54) is 4.68 Å². The van der Waals surface area contributed by atoms with Crippen molar-refractivity contribution < 1.29 is 19.5 Å². The third-order valence-electron chi connectivity index (χ3n) is 6.31. The monoisotopic (exact) mass is 446 g/mol. The SMILES string of the molecule is COc1ccc(-n2nc(C(N)=O)c3c2C(=O)N(c2ccc(/C(N)=N\O)cc2)CC32CC2)cc1. The molecule has 2 amide bonds. The Morgan fingerprint density at radius 2 is 1.73 bits per heavy atom. The van der Waals surface area contributed by atoms with Crippen molar-refractivity contribution in [3.63, 3.8) is 0 Å². The number of carbonyl (C=O) groups excluding carboxylic acids is 2. The van der Waals surface area contributed by atoms with Gasteiger partial charge in [0, 0.05) is 28.8 Å². The lowest BCUT2D eigenvalue weighted by molar-refractivity contribution is 0.0966. The Morgan fingerprint density at radius 3 is 2.27 bits per heavy atom. The fourth-order valence-electron chi connectivity index (χ4n) is 4.42. The number of rotatable bonds is 5. The Hall–Kier alpha value is -4.34. The van der Waals surface area contributed by atoms with Crippen LogP contribution in [0.2, 0.25) is 0 Å². The maximum absolute atomic E-state index is 13.8. The first-order valence-electron chi connectivity index (χ1n) is 10.4. The summed E-state index contributed by atoms with van der Waals surface area (Å²) >= 11 is 0. The van der Waals surface area contributed by atoms with Crippen LogP contribution in [0.15, 0.2) is 53.7 Å². The summed E-state index contributed by atoms with van der Waals surface area (Å²) in [6.07, 6.45) is 1.64. The number of carbonyl (C=O) groups is 2. The molecule has 5 rings (SSSR count).